The monoisotopic (exact) mass is 333 g/mol. The molecule has 6 heteroatoms. The van der Waals surface area contributed by atoms with E-state index in [2.05, 4.69) is 5.32 Å². The number of rotatable bonds is 2. The van der Waals surface area contributed by atoms with E-state index in [1.54, 1.807) is 37.4 Å². The molecule has 0 amide bonds. The second kappa shape index (κ2) is 5.55. The van der Waals surface area contributed by atoms with Gasteiger partial charge in [0.25, 0.3) is 5.56 Å². The third-order valence-corrected chi connectivity index (χ3v) is 4.07. The van der Waals surface area contributed by atoms with Gasteiger partial charge in [0.1, 0.15) is 5.69 Å². The maximum Gasteiger partial charge on any atom is 0.280 e. The van der Waals surface area contributed by atoms with E-state index in [1.165, 1.54) is 4.57 Å². The van der Waals surface area contributed by atoms with Crippen LogP contribution in [-0.2, 0) is 0 Å². The molecule has 0 saturated heterocycles. The third kappa shape index (κ3) is 2.21. The first-order chi connectivity index (χ1) is 10.5. The molecule has 0 fully saturated rings. The molecular weight excluding hydrogens is 321 g/mol. The van der Waals surface area contributed by atoms with Crippen molar-refractivity contribution < 1.29 is 0 Å². The van der Waals surface area contributed by atoms with E-state index in [4.69, 9.17) is 28.9 Å². The van der Waals surface area contributed by atoms with Crippen molar-refractivity contribution in [2.75, 3.05) is 18.1 Å². The Kier molecular flexibility index (Phi) is 3.72. The molecule has 4 nitrogen and oxygen atoms in total. The summed E-state index contributed by atoms with van der Waals surface area (Å²) in [5.41, 5.74) is 7.60. The Bertz CT molecular complexity index is 935. The number of anilines is 2. The maximum atomic E-state index is 12.7. The summed E-state index contributed by atoms with van der Waals surface area (Å²) in [5, 5.41) is 4.76. The number of fused-ring (bicyclic) bond motifs is 1. The van der Waals surface area contributed by atoms with Crippen LogP contribution >= 0.6 is 23.2 Å². The van der Waals surface area contributed by atoms with Crippen LogP contribution in [0.4, 0.5) is 11.4 Å². The zero-order chi connectivity index (χ0) is 15.9. The average Bonchev–Trinajstić information content (AvgIpc) is 2.50. The Morgan fingerprint density at radius 2 is 1.86 bits per heavy atom. The lowest BCUT2D eigenvalue weighted by atomic mass is 10.1. The van der Waals surface area contributed by atoms with Gasteiger partial charge in [0.15, 0.2) is 0 Å². The average molecular weight is 334 g/mol. The fourth-order valence-electron chi connectivity index (χ4n) is 2.52. The molecule has 0 aliphatic carbocycles. The Morgan fingerprint density at radius 3 is 2.55 bits per heavy atom. The maximum absolute atomic E-state index is 12.7. The number of nitrogens with two attached hydrogens (primary N) is 1. The van der Waals surface area contributed by atoms with Crippen molar-refractivity contribution in [3.8, 4) is 5.69 Å². The molecule has 0 aliphatic heterocycles. The second-order valence-corrected chi connectivity index (χ2v) is 5.64. The van der Waals surface area contributed by atoms with Gasteiger partial charge in [0.05, 0.1) is 21.9 Å². The molecule has 22 heavy (non-hydrogen) atoms. The van der Waals surface area contributed by atoms with Crippen LogP contribution < -0.4 is 16.6 Å². The van der Waals surface area contributed by atoms with Crippen molar-refractivity contribution >= 4 is 45.5 Å². The number of nitrogens with zero attached hydrogens (tertiary/aromatic N) is 1. The number of hydrogen-bond acceptors (Lipinski definition) is 3. The Labute approximate surface area is 137 Å². The summed E-state index contributed by atoms with van der Waals surface area (Å²) in [6, 6.07) is 12.4. The minimum atomic E-state index is -0.341. The smallest absolute Gasteiger partial charge is 0.280 e. The minimum absolute atomic E-state index is 0.136. The number of pyridine rings is 1. The van der Waals surface area contributed by atoms with Gasteiger partial charge in [0.2, 0.25) is 0 Å². The van der Waals surface area contributed by atoms with Gasteiger partial charge in [-0.25, -0.2) is 0 Å². The third-order valence-electron chi connectivity index (χ3n) is 3.52. The molecule has 1 heterocycles. The normalized spacial score (nSPS) is 10.9. The molecule has 3 N–H and O–H groups in total. The second-order valence-electron chi connectivity index (χ2n) is 4.79. The van der Waals surface area contributed by atoms with Crippen LogP contribution in [0.3, 0.4) is 0 Å². The summed E-state index contributed by atoms with van der Waals surface area (Å²) in [6.45, 7) is 0. The van der Waals surface area contributed by atoms with E-state index in [0.29, 0.717) is 26.9 Å². The molecule has 2 aromatic carbocycles. The molecule has 1 aromatic heterocycles. The van der Waals surface area contributed by atoms with E-state index in [0.717, 1.165) is 5.39 Å². The Balaban J connectivity index is 2.55. The SMILES string of the molecule is CNc1c(N)c(=O)n(-c2ccccc2Cl)c2cc(Cl)ccc12. The van der Waals surface area contributed by atoms with Gasteiger partial charge in [-0.2, -0.15) is 0 Å². The van der Waals surface area contributed by atoms with Crippen LogP contribution in [0.5, 0.6) is 0 Å². The molecule has 0 radical (unpaired) electrons. The van der Waals surface area contributed by atoms with Crippen molar-refractivity contribution in [3.05, 3.63) is 62.9 Å². The molecule has 0 spiro atoms. The first kappa shape index (κ1) is 14.8. The molecule has 0 saturated carbocycles. The summed E-state index contributed by atoms with van der Waals surface area (Å²) in [5.74, 6) is 0. The highest BCUT2D eigenvalue weighted by atomic mass is 35.5. The lowest BCUT2D eigenvalue weighted by Gasteiger charge is -2.17. The standard InChI is InChI=1S/C16H13Cl2N3O/c1-20-15-10-7-6-9(17)8-13(10)21(16(22)14(15)19)12-5-3-2-4-11(12)18/h2-8,20H,19H2,1H3. The Hall–Kier alpha value is -2.17. The lowest BCUT2D eigenvalue weighted by Crippen LogP contribution is -2.23. The highest BCUT2D eigenvalue weighted by Gasteiger charge is 2.16. The first-order valence-corrected chi connectivity index (χ1v) is 7.36. The van der Waals surface area contributed by atoms with E-state index in [-0.39, 0.29) is 11.2 Å². The summed E-state index contributed by atoms with van der Waals surface area (Å²) in [4.78, 5) is 12.7. The molecule has 3 aromatic rings. The fraction of sp³-hybridized carbons (Fsp3) is 0.0625. The molecule has 0 atom stereocenters. The molecule has 112 valence electrons. The fourth-order valence-corrected chi connectivity index (χ4v) is 2.91. The van der Waals surface area contributed by atoms with Gasteiger partial charge in [-0.3, -0.25) is 9.36 Å². The quantitative estimate of drug-likeness (QED) is 0.747. The highest BCUT2D eigenvalue weighted by Crippen LogP contribution is 2.31. The number of benzene rings is 2. The van der Waals surface area contributed by atoms with E-state index in [9.17, 15) is 4.79 Å². The van der Waals surface area contributed by atoms with Crippen LogP contribution in [0.1, 0.15) is 0 Å². The van der Waals surface area contributed by atoms with Gasteiger partial charge in [-0.15, -0.1) is 0 Å². The number of para-hydroxylation sites is 1. The van der Waals surface area contributed by atoms with Crippen molar-refractivity contribution in [2.24, 2.45) is 0 Å². The van der Waals surface area contributed by atoms with Gasteiger partial charge in [0, 0.05) is 17.5 Å². The molecular formula is C16H13Cl2N3O. The van der Waals surface area contributed by atoms with Crippen molar-refractivity contribution in [1.82, 2.24) is 4.57 Å². The topological polar surface area (TPSA) is 60.0 Å². The van der Waals surface area contributed by atoms with E-state index >= 15 is 0 Å². The predicted molar refractivity (Wildman–Crippen MR) is 93.5 cm³/mol. The van der Waals surface area contributed by atoms with Gasteiger partial charge >= 0.3 is 0 Å². The summed E-state index contributed by atoms with van der Waals surface area (Å²) in [6.07, 6.45) is 0. The summed E-state index contributed by atoms with van der Waals surface area (Å²) >= 11 is 12.4. The number of nitrogens with one attached hydrogen (secondary N) is 1. The number of halogens is 2. The van der Waals surface area contributed by atoms with Crippen LogP contribution in [0.25, 0.3) is 16.6 Å². The summed E-state index contributed by atoms with van der Waals surface area (Å²) in [7, 11) is 1.72. The van der Waals surface area contributed by atoms with Gasteiger partial charge < -0.3 is 11.1 Å². The van der Waals surface area contributed by atoms with Crippen molar-refractivity contribution in [1.29, 1.82) is 0 Å². The number of aromatic nitrogens is 1. The molecule has 0 aliphatic rings. The highest BCUT2D eigenvalue weighted by molar-refractivity contribution is 6.32. The van der Waals surface area contributed by atoms with Gasteiger partial charge in [-0.1, -0.05) is 35.3 Å². The molecule has 0 bridgehead atoms. The van der Waals surface area contributed by atoms with Crippen molar-refractivity contribution in [3.63, 3.8) is 0 Å². The van der Waals surface area contributed by atoms with Gasteiger partial charge in [-0.05, 0) is 30.3 Å². The first-order valence-electron chi connectivity index (χ1n) is 6.61. The molecule has 0 unspecified atom stereocenters. The predicted octanol–water partition coefficient (Wildman–Crippen LogP) is 3.92. The zero-order valence-corrected chi connectivity index (χ0v) is 13.2. The summed E-state index contributed by atoms with van der Waals surface area (Å²) < 4.78 is 1.49. The van der Waals surface area contributed by atoms with E-state index in [1.807, 2.05) is 12.1 Å². The number of hydrogen-bond donors (Lipinski definition) is 2. The zero-order valence-electron chi connectivity index (χ0n) is 11.7. The van der Waals surface area contributed by atoms with Crippen LogP contribution in [-0.4, -0.2) is 11.6 Å². The number of nitrogen functional groups attached to an aromatic ring is 1. The Morgan fingerprint density at radius 1 is 1.14 bits per heavy atom. The molecule has 3 rings (SSSR count). The lowest BCUT2D eigenvalue weighted by molar-refractivity contribution is 1.05. The van der Waals surface area contributed by atoms with Crippen molar-refractivity contribution in [2.45, 2.75) is 0 Å². The minimum Gasteiger partial charge on any atom is -0.393 e. The largest absolute Gasteiger partial charge is 0.393 e. The van der Waals surface area contributed by atoms with Crippen LogP contribution in [0, 0.1) is 0 Å². The van der Waals surface area contributed by atoms with E-state index < -0.39 is 0 Å². The van der Waals surface area contributed by atoms with Crippen LogP contribution in [0.15, 0.2) is 47.3 Å². The van der Waals surface area contributed by atoms with Crippen LogP contribution in [0.2, 0.25) is 10.0 Å².